The Morgan fingerprint density at radius 1 is 1.50 bits per heavy atom. The summed E-state index contributed by atoms with van der Waals surface area (Å²) in [5.74, 6) is 1.39. The number of nitrogens with one attached hydrogen (secondary N) is 1. The lowest BCUT2D eigenvalue weighted by atomic mass is 10.1. The minimum Gasteiger partial charge on any atom is -0.381 e. The number of guanidine groups is 1. The molecule has 1 aromatic heterocycles. The van der Waals surface area contributed by atoms with Crippen molar-refractivity contribution in [1.82, 2.24) is 20.0 Å². The van der Waals surface area contributed by atoms with E-state index in [1.807, 2.05) is 25.1 Å². The van der Waals surface area contributed by atoms with Gasteiger partial charge in [0.25, 0.3) is 0 Å². The molecule has 3 heterocycles. The molecule has 0 bridgehead atoms. The molecule has 8 nitrogen and oxygen atoms in total. The molecule has 2 aliphatic heterocycles. The third-order valence-corrected chi connectivity index (χ3v) is 4.38. The molecule has 0 aliphatic carbocycles. The van der Waals surface area contributed by atoms with Gasteiger partial charge in [0.15, 0.2) is 5.96 Å². The maximum absolute atomic E-state index is 12.5. The molecule has 3 rings (SSSR count). The van der Waals surface area contributed by atoms with Gasteiger partial charge in [-0.3, -0.25) is 14.5 Å². The number of amides is 1. The maximum Gasteiger partial charge on any atom is 0.246 e. The van der Waals surface area contributed by atoms with Gasteiger partial charge in [-0.25, -0.2) is 0 Å². The molecule has 2 aliphatic rings. The molecule has 132 valence electrons. The van der Waals surface area contributed by atoms with Crippen molar-refractivity contribution in [2.75, 3.05) is 50.8 Å². The molecule has 1 aromatic rings. The van der Waals surface area contributed by atoms with Crippen LogP contribution in [0.4, 0.5) is 5.69 Å². The van der Waals surface area contributed by atoms with Crippen LogP contribution in [0.2, 0.25) is 0 Å². The minimum absolute atomic E-state index is 0.0732. The molecule has 0 spiro atoms. The Labute approximate surface area is 142 Å². The molecule has 1 amide bonds. The summed E-state index contributed by atoms with van der Waals surface area (Å²) in [6, 6.07) is 0. The summed E-state index contributed by atoms with van der Waals surface area (Å²) < 4.78 is 7.12. The van der Waals surface area contributed by atoms with Gasteiger partial charge < -0.3 is 19.9 Å². The van der Waals surface area contributed by atoms with E-state index >= 15 is 0 Å². The summed E-state index contributed by atoms with van der Waals surface area (Å²) in [5.41, 5.74) is 0.854. The molecule has 24 heavy (non-hydrogen) atoms. The zero-order valence-corrected chi connectivity index (χ0v) is 14.4. The van der Waals surface area contributed by atoms with Crippen LogP contribution in [-0.4, -0.2) is 72.5 Å². The molecule has 2 saturated heterocycles. The Morgan fingerprint density at radius 2 is 2.38 bits per heavy atom. The van der Waals surface area contributed by atoms with Crippen molar-refractivity contribution < 1.29 is 9.53 Å². The maximum atomic E-state index is 12.5. The largest absolute Gasteiger partial charge is 0.381 e. The summed E-state index contributed by atoms with van der Waals surface area (Å²) in [6.45, 7) is 6.94. The van der Waals surface area contributed by atoms with Crippen LogP contribution in [0.5, 0.6) is 0 Å². The first-order valence-electron chi connectivity index (χ1n) is 8.57. The highest BCUT2D eigenvalue weighted by atomic mass is 16.5. The van der Waals surface area contributed by atoms with Gasteiger partial charge in [0, 0.05) is 51.9 Å². The zero-order chi connectivity index (χ0) is 16.9. The van der Waals surface area contributed by atoms with E-state index in [1.165, 1.54) is 0 Å². The normalized spacial score (nSPS) is 22.3. The van der Waals surface area contributed by atoms with Crippen molar-refractivity contribution in [3.63, 3.8) is 0 Å². The standard InChI is InChI=1S/C16H26N6O2/c1-3-17-16(18-8-13-4-7-24-12-13)21-5-6-22(15(23)11-21)14-9-19-20(2)10-14/h9-10,13H,3-8,11-12H2,1-2H3,(H,17,18). The summed E-state index contributed by atoms with van der Waals surface area (Å²) >= 11 is 0. The molecule has 0 aromatic carbocycles. The van der Waals surface area contributed by atoms with E-state index < -0.39 is 0 Å². The van der Waals surface area contributed by atoms with E-state index in [4.69, 9.17) is 9.73 Å². The average molecular weight is 334 g/mol. The number of anilines is 1. The number of carbonyl (C=O) groups is 1. The Kier molecular flexibility index (Phi) is 5.34. The van der Waals surface area contributed by atoms with Crippen LogP contribution in [0.25, 0.3) is 0 Å². The fraction of sp³-hybridized carbons (Fsp3) is 0.688. The van der Waals surface area contributed by atoms with E-state index in [0.29, 0.717) is 19.0 Å². The van der Waals surface area contributed by atoms with Crippen molar-refractivity contribution >= 4 is 17.6 Å². The van der Waals surface area contributed by atoms with E-state index in [2.05, 4.69) is 10.4 Å². The zero-order valence-electron chi connectivity index (χ0n) is 14.4. The highest BCUT2D eigenvalue weighted by Crippen LogP contribution is 2.17. The summed E-state index contributed by atoms with van der Waals surface area (Å²) in [7, 11) is 1.85. The number of aryl methyl sites for hydroxylation is 1. The van der Waals surface area contributed by atoms with Gasteiger partial charge in [-0.15, -0.1) is 0 Å². The van der Waals surface area contributed by atoms with E-state index in [-0.39, 0.29) is 5.91 Å². The highest BCUT2D eigenvalue weighted by molar-refractivity contribution is 5.98. The van der Waals surface area contributed by atoms with Crippen molar-refractivity contribution in [3.05, 3.63) is 12.4 Å². The smallest absolute Gasteiger partial charge is 0.246 e. The predicted octanol–water partition coefficient (Wildman–Crippen LogP) is 0.0707. The van der Waals surface area contributed by atoms with Crippen LogP contribution in [0.1, 0.15) is 13.3 Å². The fourth-order valence-corrected chi connectivity index (χ4v) is 3.04. The second-order valence-corrected chi connectivity index (χ2v) is 6.26. The van der Waals surface area contributed by atoms with Crippen LogP contribution >= 0.6 is 0 Å². The first kappa shape index (κ1) is 16.8. The first-order chi connectivity index (χ1) is 11.7. The van der Waals surface area contributed by atoms with Gasteiger partial charge in [-0.1, -0.05) is 0 Å². The number of nitrogens with zero attached hydrogens (tertiary/aromatic N) is 5. The predicted molar refractivity (Wildman–Crippen MR) is 92.0 cm³/mol. The van der Waals surface area contributed by atoms with Crippen LogP contribution in [0.3, 0.4) is 0 Å². The Bertz CT molecular complexity index is 593. The average Bonchev–Trinajstić information content (AvgIpc) is 3.23. The van der Waals surface area contributed by atoms with Gasteiger partial charge in [-0.2, -0.15) is 5.10 Å². The lowest BCUT2D eigenvalue weighted by molar-refractivity contribution is -0.120. The molecular weight excluding hydrogens is 308 g/mol. The van der Waals surface area contributed by atoms with Crippen LogP contribution in [0.15, 0.2) is 17.4 Å². The van der Waals surface area contributed by atoms with Gasteiger partial charge in [0.1, 0.15) is 6.54 Å². The third kappa shape index (κ3) is 3.87. The molecule has 1 atom stereocenters. The van der Waals surface area contributed by atoms with Crippen molar-refractivity contribution in [2.24, 2.45) is 18.0 Å². The number of aliphatic imine (C=N–C) groups is 1. The first-order valence-corrected chi connectivity index (χ1v) is 8.57. The van der Waals surface area contributed by atoms with Gasteiger partial charge in [0.05, 0.1) is 18.5 Å². The Morgan fingerprint density at radius 3 is 3.00 bits per heavy atom. The number of carbonyl (C=O) groups excluding carboxylic acids is 1. The van der Waals surface area contributed by atoms with Crippen LogP contribution in [0, 0.1) is 5.92 Å². The molecule has 2 fully saturated rings. The number of aromatic nitrogens is 2. The summed E-state index contributed by atoms with van der Waals surface area (Å²) in [6.07, 6.45) is 4.66. The molecular formula is C16H26N6O2. The van der Waals surface area contributed by atoms with Crippen LogP contribution < -0.4 is 10.2 Å². The highest BCUT2D eigenvalue weighted by Gasteiger charge is 2.28. The van der Waals surface area contributed by atoms with Crippen LogP contribution in [-0.2, 0) is 16.6 Å². The lowest BCUT2D eigenvalue weighted by Crippen LogP contribution is -2.55. The van der Waals surface area contributed by atoms with Crippen molar-refractivity contribution in [3.8, 4) is 0 Å². The van der Waals surface area contributed by atoms with Gasteiger partial charge >= 0.3 is 0 Å². The molecule has 0 saturated carbocycles. The molecule has 8 heteroatoms. The molecule has 0 radical (unpaired) electrons. The number of hydrogen-bond donors (Lipinski definition) is 1. The fourth-order valence-electron chi connectivity index (χ4n) is 3.04. The monoisotopic (exact) mass is 334 g/mol. The topological polar surface area (TPSA) is 75.0 Å². The summed E-state index contributed by atoms with van der Waals surface area (Å²) in [5, 5.41) is 7.45. The second kappa shape index (κ2) is 7.65. The second-order valence-electron chi connectivity index (χ2n) is 6.26. The number of piperazine rings is 1. The van der Waals surface area contributed by atoms with Crippen molar-refractivity contribution in [1.29, 1.82) is 0 Å². The Hall–Kier alpha value is -2.09. The number of hydrogen-bond acceptors (Lipinski definition) is 4. The lowest BCUT2D eigenvalue weighted by Gasteiger charge is -2.35. The third-order valence-electron chi connectivity index (χ3n) is 4.38. The number of rotatable bonds is 4. The van der Waals surface area contributed by atoms with Gasteiger partial charge in [-0.05, 0) is 13.3 Å². The Balaban J connectivity index is 1.62. The van der Waals surface area contributed by atoms with Crippen molar-refractivity contribution in [2.45, 2.75) is 13.3 Å². The number of ether oxygens (including phenoxy) is 1. The summed E-state index contributed by atoms with van der Waals surface area (Å²) in [4.78, 5) is 21.1. The minimum atomic E-state index is 0.0732. The molecule has 1 N–H and O–H groups in total. The molecule has 1 unspecified atom stereocenters. The SMILES string of the molecule is CCNC(=NCC1CCOC1)N1CCN(c2cnn(C)c2)C(=O)C1. The quantitative estimate of drug-likeness (QED) is 0.623. The van der Waals surface area contributed by atoms with E-state index in [9.17, 15) is 4.79 Å². The van der Waals surface area contributed by atoms with E-state index in [0.717, 1.165) is 50.9 Å². The van der Waals surface area contributed by atoms with E-state index in [1.54, 1.807) is 15.8 Å². The van der Waals surface area contributed by atoms with Gasteiger partial charge in [0.2, 0.25) is 5.91 Å².